The number of nitrogen functional groups attached to an aromatic ring is 1. The van der Waals surface area contributed by atoms with Gasteiger partial charge in [0.1, 0.15) is 0 Å². The molecular formula is C9H12N3OP. The summed E-state index contributed by atoms with van der Waals surface area (Å²) in [7, 11) is 2.43. The minimum atomic E-state index is 0.0554. The maximum atomic E-state index is 11.7. The van der Waals surface area contributed by atoms with E-state index in [0.29, 0.717) is 0 Å². The highest BCUT2D eigenvalue weighted by atomic mass is 31.0. The summed E-state index contributed by atoms with van der Waals surface area (Å²) < 4.78 is 1.65. The monoisotopic (exact) mass is 209 g/mol. The lowest BCUT2D eigenvalue weighted by atomic mass is 10.00. The second-order valence-corrected chi connectivity index (χ2v) is 3.89. The molecule has 4 nitrogen and oxygen atoms in total. The maximum Gasteiger partial charge on any atom is 0.256 e. The van der Waals surface area contributed by atoms with E-state index in [1.54, 1.807) is 10.7 Å². The molecule has 0 aromatic heterocycles. The van der Waals surface area contributed by atoms with Crippen molar-refractivity contribution in [3.8, 4) is 0 Å². The number of nitrogens with zero attached hydrogens (tertiary/aromatic N) is 1. The summed E-state index contributed by atoms with van der Waals surface area (Å²) in [5, 5.41) is 0. The van der Waals surface area contributed by atoms with Crippen LogP contribution in [0.4, 0.5) is 5.69 Å². The summed E-state index contributed by atoms with van der Waals surface area (Å²) in [6.45, 7) is 0.741. The van der Waals surface area contributed by atoms with Crippen LogP contribution in [0, 0.1) is 0 Å². The highest BCUT2D eigenvalue weighted by molar-refractivity contribution is 7.14. The van der Waals surface area contributed by atoms with E-state index in [2.05, 4.69) is 14.8 Å². The molecule has 1 amide bonds. The summed E-state index contributed by atoms with van der Waals surface area (Å²) >= 11 is 0. The van der Waals surface area contributed by atoms with Gasteiger partial charge in [-0.2, -0.15) is 0 Å². The minimum Gasteiger partial charge on any atom is -0.324 e. The van der Waals surface area contributed by atoms with Crippen LogP contribution in [-0.4, -0.2) is 17.1 Å². The Labute approximate surface area is 84.7 Å². The molecule has 2 rings (SSSR count). The summed E-state index contributed by atoms with van der Waals surface area (Å²) in [6.07, 6.45) is 0.875. The number of nitrogens with two attached hydrogens (primary N) is 1. The topological polar surface area (TPSA) is 58.4 Å². The first-order valence-corrected chi connectivity index (χ1v) is 4.90. The van der Waals surface area contributed by atoms with Gasteiger partial charge in [-0.05, 0) is 39.6 Å². The third kappa shape index (κ3) is 1.47. The number of carbonyl (C=O) groups is 1. The van der Waals surface area contributed by atoms with E-state index in [9.17, 15) is 4.79 Å². The third-order valence-corrected chi connectivity index (χ3v) is 2.88. The fourth-order valence-electron chi connectivity index (χ4n) is 1.60. The first-order valence-electron chi connectivity index (χ1n) is 4.38. The van der Waals surface area contributed by atoms with Crippen molar-refractivity contribution in [1.82, 2.24) is 4.67 Å². The Morgan fingerprint density at radius 2 is 2.29 bits per heavy atom. The van der Waals surface area contributed by atoms with Crippen LogP contribution >= 0.6 is 9.39 Å². The molecular weight excluding hydrogens is 197 g/mol. The maximum absolute atomic E-state index is 11.7. The summed E-state index contributed by atoms with van der Waals surface area (Å²) in [4.78, 5) is 11.7. The van der Waals surface area contributed by atoms with Crippen LogP contribution < -0.4 is 11.3 Å². The zero-order chi connectivity index (χ0) is 10.1. The van der Waals surface area contributed by atoms with Crippen molar-refractivity contribution in [1.29, 1.82) is 0 Å². The molecule has 5 heteroatoms. The Balaban J connectivity index is 2.44. The molecule has 1 unspecified atom stereocenters. The van der Waals surface area contributed by atoms with Gasteiger partial charge in [0.05, 0.1) is 0 Å². The third-order valence-electron chi connectivity index (χ3n) is 2.39. The van der Waals surface area contributed by atoms with Gasteiger partial charge in [-0.15, -0.1) is 0 Å². The van der Waals surface area contributed by atoms with Gasteiger partial charge in [-0.3, -0.25) is 10.6 Å². The van der Waals surface area contributed by atoms with Crippen molar-refractivity contribution in [3.63, 3.8) is 0 Å². The van der Waals surface area contributed by atoms with Crippen LogP contribution in [0.3, 0.4) is 0 Å². The lowest BCUT2D eigenvalue weighted by molar-refractivity contribution is 0.0859. The smallest absolute Gasteiger partial charge is 0.256 e. The lowest BCUT2D eigenvalue weighted by Crippen LogP contribution is -2.29. The Kier molecular flexibility index (Phi) is 2.40. The number of rotatable bonds is 1. The Morgan fingerprint density at radius 1 is 1.50 bits per heavy atom. The molecule has 0 aliphatic carbocycles. The number of hydrazine groups is 1. The molecule has 0 bridgehead atoms. The highest BCUT2D eigenvalue weighted by Gasteiger charge is 2.21. The molecule has 1 aromatic carbocycles. The van der Waals surface area contributed by atoms with Crippen molar-refractivity contribution in [2.45, 2.75) is 6.42 Å². The lowest BCUT2D eigenvalue weighted by Gasteiger charge is -2.24. The van der Waals surface area contributed by atoms with E-state index in [1.807, 2.05) is 12.1 Å². The van der Waals surface area contributed by atoms with E-state index in [-0.39, 0.29) is 5.91 Å². The van der Waals surface area contributed by atoms with Crippen LogP contribution in [0.25, 0.3) is 0 Å². The van der Waals surface area contributed by atoms with Gasteiger partial charge < -0.3 is 10.1 Å². The van der Waals surface area contributed by atoms with E-state index in [1.165, 1.54) is 0 Å². The molecule has 1 aliphatic rings. The van der Waals surface area contributed by atoms with Gasteiger partial charge in [-0.25, -0.2) is 0 Å². The Bertz CT molecular complexity index is 380. The van der Waals surface area contributed by atoms with Crippen molar-refractivity contribution in [2.75, 3.05) is 12.0 Å². The van der Waals surface area contributed by atoms with Crippen molar-refractivity contribution in [3.05, 3.63) is 29.3 Å². The fraction of sp³-hybridized carbons (Fsp3) is 0.222. The zero-order valence-electron chi connectivity index (χ0n) is 7.66. The molecule has 1 heterocycles. The number of hydrogen-bond acceptors (Lipinski definition) is 3. The van der Waals surface area contributed by atoms with Crippen molar-refractivity contribution in [2.24, 2.45) is 5.84 Å². The molecule has 0 saturated heterocycles. The van der Waals surface area contributed by atoms with Gasteiger partial charge in [-0.1, -0.05) is 0 Å². The number of benzene rings is 1. The predicted molar refractivity (Wildman–Crippen MR) is 58.7 cm³/mol. The quantitative estimate of drug-likeness (QED) is 0.408. The summed E-state index contributed by atoms with van der Waals surface area (Å²) in [6, 6.07) is 5.54. The Hall–Kier alpha value is -1.12. The number of amides is 1. The van der Waals surface area contributed by atoms with Gasteiger partial charge >= 0.3 is 0 Å². The SMILES string of the molecule is NNc1ccc2c(c1)CCN(P)C2=O. The van der Waals surface area contributed by atoms with E-state index in [0.717, 1.165) is 29.8 Å². The highest BCUT2D eigenvalue weighted by Crippen LogP contribution is 2.23. The van der Waals surface area contributed by atoms with Gasteiger partial charge in [0.25, 0.3) is 5.91 Å². The molecule has 1 aliphatic heterocycles. The van der Waals surface area contributed by atoms with Crippen LogP contribution in [0.1, 0.15) is 15.9 Å². The van der Waals surface area contributed by atoms with Gasteiger partial charge in [0, 0.05) is 17.8 Å². The van der Waals surface area contributed by atoms with Gasteiger partial charge in [0.2, 0.25) is 0 Å². The average Bonchev–Trinajstić information content (AvgIpc) is 2.23. The molecule has 14 heavy (non-hydrogen) atoms. The molecule has 1 atom stereocenters. The molecule has 0 fully saturated rings. The van der Waals surface area contributed by atoms with E-state index in [4.69, 9.17) is 5.84 Å². The predicted octanol–water partition coefficient (Wildman–Crippen LogP) is 0.761. The van der Waals surface area contributed by atoms with E-state index >= 15 is 0 Å². The summed E-state index contributed by atoms with van der Waals surface area (Å²) in [5.74, 6) is 5.35. The van der Waals surface area contributed by atoms with Crippen LogP contribution in [-0.2, 0) is 6.42 Å². The molecule has 74 valence electrons. The number of nitrogens with one attached hydrogen (secondary N) is 1. The van der Waals surface area contributed by atoms with E-state index < -0.39 is 0 Å². The summed E-state index contributed by atoms with van der Waals surface area (Å²) in [5.41, 5.74) is 5.24. The second-order valence-electron chi connectivity index (χ2n) is 3.26. The fourth-order valence-corrected chi connectivity index (χ4v) is 1.86. The van der Waals surface area contributed by atoms with Crippen molar-refractivity contribution < 1.29 is 4.79 Å². The molecule has 1 aromatic rings. The molecule has 0 saturated carbocycles. The second kappa shape index (κ2) is 3.56. The van der Waals surface area contributed by atoms with Crippen LogP contribution in [0.5, 0.6) is 0 Å². The normalized spacial score (nSPS) is 15.3. The minimum absolute atomic E-state index is 0.0554. The number of carbonyl (C=O) groups excluding carboxylic acids is 1. The largest absolute Gasteiger partial charge is 0.324 e. The average molecular weight is 209 g/mol. The van der Waals surface area contributed by atoms with Crippen LogP contribution in [0.15, 0.2) is 18.2 Å². The number of fused-ring (bicyclic) bond motifs is 1. The number of hydrogen-bond donors (Lipinski definition) is 2. The standard InChI is InChI=1S/C9H12N3OP/c10-11-7-1-2-8-6(5-7)3-4-12(14)9(8)13/h1-2,5,11H,3-4,10,14H2. The van der Waals surface area contributed by atoms with Crippen molar-refractivity contribution >= 4 is 21.0 Å². The Morgan fingerprint density at radius 3 is 3.00 bits per heavy atom. The molecule has 3 N–H and O–H groups in total. The molecule has 0 radical (unpaired) electrons. The van der Waals surface area contributed by atoms with Gasteiger partial charge in [0.15, 0.2) is 0 Å². The molecule has 0 spiro atoms. The zero-order valence-corrected chi connectivity index (χ0v) is 8.81. The number of anilines is 1. The first-order chi connectivity index (χ1) is 6.72. The first kappa shape index (κ1) is 9.44. The van der Waals surface area contributed by atoms with Crippen LogP contribution in [0.2, 0.25) is 0 Å².